The number of nitrogens with zero attached hydrogens (tertiary/aromatic N) is 2. The second-order valence-electron chi connectivity index (χ2n) is 7.10. The lowest BCUT2D eigenvalue weighted by Gasteiger charge is -2.25. The maximum absolute atomic E-state index is 12.2. The first kappa shape index (κ1) is 20.1. The molecule has 0 atom stereocenters. The van der Waals surface area contributed by atoms with E-state index in [1.807, 2.05) is 0 Å². The van der Waals surface area contributed by atoms with Gasteiger partial charge in [0, 0.05) is 43.9 Å². The molecule has 0 radical (unpaired) electrons. The molecule has 1 aromatic carbocycles. The van der Waals surface area contributed by atoms with Crippen molar-refractivity contribution in [1.82, 2.24) is 4.90 Å². The van der Waals surface area contributed by atoms with Crippen LogP contribution >= 0.6 is 0 Å². The molecule has 0 spiro atoms. The van der Waals surface area contributed by atoms with E-state index in [-0.39, 0.29) is 11.6 Å². The summed E-state index contributed by atoms with van der Waals surface area (Å²) in [6.07, 6.45) is 0.413. The first-order valence-electron chi connectivity index (χ1n) is 8.46. The molecule has 0 aliphatic heterocycles. The molecule has 1 amide bonds. The average Bonchev–Trinajstić information content (AvgIpc) is 2.45. The number of anilines is 1. The fourth-order valence-electron chi connectivity index (χ4n) is 2.66. The van der Waals surface area contributed by atoms with Gasteiger partial charge in [-0.2, -0.15) is 0 Å². The normalized spacial score (nSPS) is 11.3. The molecule has 134 valence electrons. The Balaban J connectivity index is 2.60. The molecule has 0 fully saturated rings. The van der Waals surface area contributed by atoms with Gasteiger partial charge in [-0.3, -0.25) is 14.9 Å². The average molecular weight is 335 g/mol. The fourth-order valence-corrected chi connectivity index (χ4v) is 2.66. The number of nitrogens with one attached hydrogen (secondary N) is 1. The maximum atomic E-state index is 12.2. The van der Waals surface area contributed by atoms with Crippen molar-refractivity contribution < 1.29 is 9.72 Å². The topological polar surface area (TPSA) is 75.5 Å². The molecule has 0 aliphatic rings. The lowest BCUT2D eigenvalue weighted by atomic mass is 10.1. The largest absolute Gasteiger partial charge is 0.326 e. The van der Waals surface area contributed by atoms with Crippen molar-refractivity contribution in [3.8, 4) is 0 Å². The van der Waals surface area contributed by atoms with E-state index in [0.29, 0.717) is 36.1 Å². The van der Waals surface area contributed by atoms with Gasteiger partial charge < -0.3 is 10.2 Å². The highest BCUT2D eigenvalue weighted by Crippen LogP contribution is 2.21. The molecule has 0 saturated heterocycles. The number of hydrogen-bond acceptors (Lipinski definition) is 4. The second kappa shape index (κ2) is 9.37. The van der Waals surface area contributed by atoms with E-state index in [9.17, 15) is 14.9 Å². The number of nitro benzene ring substituents is 1. The Morgan fingerprint density at radius 3 is 2.25 bits per heavy atom. The molecule has 0 saturated carbocycles. The van der Waals surface area contributed by atoms with Gasteiger partial charge in [-0.15, -0.1) is 0 Å². The van der Waals surface area contributed by atoms with Gasteiger partial charge in [0.15, 0.2) is 0 Å². The van der Waals surface area contributed by atoms with Crippen molar-refractivity contribution in [2.24, 2.45) is 11.8 Å². The Bertz CT molecular complexity index is 561. The molecule has 0 unspecified atom stereocenters. The molecule has 0 aliphatic carbocycles. The van der Waals surface area contributed by atoms with Crippen LogP contribution in [-0.4, -0.2) is 35.4 Å². The Morgan fingerprint density at radius 1 is 1.21 bits per heavy atom. The molecule has 6 heteroatoms. The second-order valence-corrected chi connectivity index (χ2v) is 7.10. The van der Waals surface area contributed by atoms with Crippen molar-refractivity contribution in [3.05, 3.63) is 33.9 Å². The molecule has 0 bridgehead atoms. The highest BCUT2D eigenvalue weighted by atomic mass is 16.6. The van der Waals surface area contributed by atoms with Crippen molar-refractivity contribution in [1.29, 1.82) is 0 Å². The number of nitro groups is 1. The van der Waals surface area contributed by atoms with Gasteiger partial charge in [-0.25, -0.2) is 0 Å². The van der Waals surface area contributed by atoms with E-state index in [1.54, 1.807) is 13.0 Å². The van der Waals surface area contributed by atoms with E-state index >= 15 is 0 Å². The summed E-state index contributed by atoms with van der Waals surface area (Å²) in [6, 6.07) is 4.47. The van der Waals surface area contributed by atoms with E-state index in [2.05, 4.69) is 37.9 Å². The summed E-state index contributed by atoms with van der Waals surface area (Å²) in [7, 11) is 0. The number of amides is 1. The molecule has 0 heterocycles. The number of carbonyl (C=O) groups excluding carboxylic acids is 1. The van der Waals surface area contributed by atoms with Crippen molar-refractivity contribution >= 4 is 17.3 Å². The minimum atomic E-state index is -0.436. The third kappa shape index (κ3) is 7.08. The zero-order chi connectivity index (χ0) is 18.3. The van der Waals surface area contributed by atoms with Crippen molar-refractivity contribution in [2.45, 2.75) is 41.0 Å². The van der Waals surface area contributed by atoms with Crippen LogP contribution in [0.2, 0.25) is 0 Å². The summed E-state index contributed by atoms with van der Waals surface area (Å²) < 4.78 is 0. The molecule has 0 aromatic heterocycles. The molecule has 24 heavy (non-hydrogen) atoms. The van der Waals surface area contributed by atoms with Crippen LogP contribution in [0.15, 0.2) is 18.2 Å². The fraction of sp³-hybridized carbons (Fsp3) is 0.611. The van der Waals surface area contributed by atoms with Crippen LogP contribution < -0.4 is 5.32 Å². The van der Waals surface area contributed by atoms with Gasteiger partial charge in [0.2, 0.25) is 5.91 Å². The van der Waals surface area contributed by atoms with E-state index in [0.717, 1.165) is 13.1 Å². The van der Waals surface area contributed by atoms with E-state index in [1.165, 1.54) is 12.1 Å². The van der Waals surface area contributed by atoms with Gasteiger partial charge in [0.1, 0.15) is 0 Å². The number of non-ortho nitro benzene ring substituents is 1. The number of hydrogen-bond donors (Lipinski definition) is 1. The molecule has 1 aromatic rings. The zero-order valence-electron chi connectivity index (χ0n) is 15.3. The maximum Gasteiger partial charge on any atom is 0.269 e. The van der Waals surface area contributed by atoms with E-state index < -0.39 is 4.92 Å². The van der Waals surface area contributed by atoms with Gasteiger partial charge in [-0.05, 0) is 30.4 Å². The number of rotatable bonds is 9. The molecular formula is C18H29N3O3. The predicted octanol–water partition coefficient (Wildman–Crippen LogP) is 3.85. The summed E-state index contributed by atoms with van der Waals surface area (Å²) in [5.74, 6) is 1.05. The summed E-state index contributed by atoms with van der Waals surface area (Å²) >= 11 is 0. The first-order valence-corrected chi connectivity index (χ1v) is 8.46. The van der Waals surface area contributed by atoms with E-state index in [4.69, 9.17) is 0 Å². The lowest BCUT2D eigenvalue weighted by molar-refractivity contribution is -0.384. The highest BCUT2D eigenvalue weighted by Gasteiger charge is 2.13. The van der Waals surface area contributed by atoms with Crippen LogP contribution in [0, 0.1) is 28.9 Å². The molecule has 1 N–H and O–H groups in total. The number of aryl methyl sites for hydroxylation is 1. The highest BCUT2D eigenvalue weighted by molar-refractivity contribution is 5.91. The summed E-state index contributed by atoms with van der Waals surface area (Å²) in [5, 5.41) is 13.6. The molecule has 1 rings (SSSR count). The first-order chi connectivity index (χ1) is 11.2. The number of benzene rings is 1. The minimum absolute atomic E-state index is 0.0329. The van der Waals surface area contributed by atoms with Gasteiger partial charge >= 0.3 is 0 Å². The summed E-state index contributed by atoms with van der Waals surface area (Å²) in [4.78, 5) is 24.8. The molecular weight excluding hydrogens is 306 g/mol. The van der Waals surface area contributed by atoms with Crippen LogP contribution in [0.25, 0.3) is 0 Å². The van der Waals surface area contributed by atoms with Gasteiger partial charge in [0.25, 0.3) is 5.69 Å². The Kier molecular flexibility index (Phi) is 7.85. The van der Waals surface area contributed by atoms with Crippen molar-refractivity contribution in [2.75, 3.05) is 25.0 Å². The van der Waals surface area contributed by atoms with Crippen LogP contribution in [-0.2, 0) is 4.79 Å². The summed E-state index contributed by atoms with van der Waals surface area (Å²) in [6.45, 7) is 13.1. The Hall–Kier alpha value is -1.95. The zero-order valence-corrected chi connectivity index (χ0v) is 15.3. The Labute approximate surface area is 144 Å². The van der Waals surface area contributed by atoms with Crippen LogP contribution in [0.1, 0.15) is 39.7 Å². The third-order valence-electron chi connectivity index (χ3n) is 3.60. The predicted molar refractivity (Wildman–Crippen MR) is 97.2 cm³/mol. The smallest absolute Gasteiger partial charge is 0.269 e. The van der Waals surface area contributed by atoms with Crippen molar-refractivity contribution in [3.63, 3.8) is 0 Å². The van der Waals surface area contributed by atoms with Crippen LogP contribution in [0.5, 0.6) is 0 Å². The van der Waals surface area contributed by atoms with Gasteiger partial charge in [-0.1, -0.05) is 27.7 Å². The van der Waals surface area contributed by atoms with Crippen LogP contribution in [0.3, 0.4) is 0 Å². The Morgan fingerprint density at radius 2 is 1.79 bits per heavy atom. The quantitative estimate of drug-likeness (QED) is 0.549. The monoisotopic (exact) mass is 335 g/mol. The SMILES string of the molecule is Cc1cc([N+](=O)[O-])ccc1NC(=O)CCN(CC(C)C)CC(C)C. The number of carbonyl (C=O) groups is 1. The van der Waals surface area contributed by atoms with Crippen LogP contribution in [0.4, 0.5) is 11.4 Å². The lowest BCUT2D eigenvalue weighted by Crippen LogP contribution is -2.34. The van der Waals surface area contributed by atoms with Gasteiger partial charge in [0.05, 0.1) is 4.92 Å². The minimum Gasteiger partial charge on any atom is -0.326 e. The standard InChI is InChI=1S/C18H29N3O3/c1-13(2)11-20(12-14(3)4)9-8-18(22)19-17-7-6-16(21(23)24)10-15(17)5/h6-7,10,13-14H,8-9,11-12H2,1-5H3,(H,19,22). The molecule has 6 nitrogen and oxygen atoms in total. The third-order valence-corrected chi connectivity index (χ3v) is 3.60. The summed E-state index contributed by atoms with van der Waals surface area (Å²) in [5.41, 5.74) is 1.36.